The Morgan fingerprint density at radius 3 is 2.90 bits per heavy atom. The number of hydrogen-bond acceptors (Lipinski definition) is 4. The predicted octanol–water partition coefficient (Wildman–Crippen LogP) is 1.05. The van der Waals surface area contributed by atoms with Crippen LogP contribution in [0.25, 0.3) is 0 Å². The van der Waals surface area contributed by atoms with Crippen molar-refractivity contribution in [3.8, 4) is 0 Å². The highest BCUT2D eigenvalue weighted by Crippen LogP contribution is 2.43. The average Bonchev–Trinajstić information content (AvgIpc) is 2.92. The second-order valence-corrected chi connectivity index (χ2v) is 7.30. The summed E-state index contributed by atoms with van der Waals surface area (Å²) in [7, 11) is 0. The number of morpholine rings is 1. The molecule has 2 N–H and O–H groups in total. The van der Waals surface area contributed by atoms with Crippen LogP contribution >= 0.6 is 0 Å². The SMILES string of the molecule is NCC1(N2CCOC3CCCCC32)CCN2CCC1C2. The Bertz CT molecular complexity index is 362. The van der Waals surface area contributed by atoms with Gasteiger partial charge in [-0.15, -0.1) is 0 Å². The third kappa shape index (κ3) is 1.96. The number of ether oxygens (including phenoxy) is 1. The second kappa shape index (κ2) is 5.24. The molecule has 5 atom stereocenters. The van der Waals surface area contributed by atoms with Gasteiger partial charge in [0, 0.05) is 31.2 Å². The first-order chi connectivity index (χ1) is 9.83. The Kier molecular flexibility index (Phi) is 3.53. The fourth-order valence-electron chi connectivity index (χ4n) is 5.44. The van der Waals surface area contributed by atoms with E-state index in [-0.39, 0.29) is 5.54 Å². The number of rotatable bonds is 2. The van der Waals surface area contributed by atoms with Crippen LogP contribution in [0.3, 0.4) is 0 Å². The lowest BCUT2D eigenvalue weighted by atomic mass is 9.74. The molecule has 2 bridgehead atoms. The van der Waals surface area contributed by atoms with E-state index >= 15 is 0 Å². The molecule has 3 aliphatic heterocycles. The molecule has 0 spiro atoms. The van der Waals surface area contributed by atoms with Crippen LogP contribution in [0.2, 0.25) is 0 Å². The average molecular weight is 279 g/mol. The molecule has 1 aliphatic carbocycles. The van der Waals surface area contributed by atoms with E-state index < -0.39 is 0 Å². The molecular formula is C16H29N3O. The smallest absolute Gasteiger partial charge is 0.0731 e. The van der Waals surface area contributed by atoms with Gasteiger partial charge in [0.15, 0.2) is 0 Å². The van der Waals surface area contributed by atoms with Crippen molar-refractivity contribution in [3.63, 3.8) is 0 Å². The van der Waals surface area contributed by atoms with Gasteiger partial charge in [-0.25, -0.2) is 0 Å². The summed E-state index contributed by atoms with van der Waals surface area (Å²) in [6, 6.07) is 0.646. The highest BCUT2D eigenvalue weighted by Gasteiger charge is 2.52. The van der Waals surface area contributed by atoms with E-state index in [4.69, 9.17) is 10.5 Å². The first kappa shape index (κ1) is 13.5. The van der Waals surface area contributed by atoms with Crippen molar-refractivity contribution in [1.82, 2.24) is 9.80 Å². The molecule has 1 saturated carbocycles. The minimum Gasteiger partial charge on any atom is -0.375 e. The Hall–Kier alpha value is -0.160. The number of piperidine rings is 1. The molecule has 4 rings (SSSR count). The van der Waals surface area contributed by atoms with E-state index in [0.717, 1.165) is 25.6 Å². The van der Waals surface area contributed by atoms with Gasteiger partial charge in [-0.1, -0.05) is 12.8 Å². The largest absolute Gasteiger partial charge is 0.375 e. The maximum Gasteiger partial charge on any atom is 0.0731 e. The third-order valence-corrected chi connectivity index (χ3v) is 6.55. The van der Waals surface area contributed by atoms with Crippen LogP contribution in [0, 0.1) is 5.92 Å². The van der Waals surface area contributed by atoms with E-state index in [2.05, 4.69) is 9.80 Å². The Labute approximate surface area is 122 Å². The van der Waals surface area contributed by atoms with Crippen molar-refractivity contribution in [3.05, 3.63) is 0 Å². The Balaban J connectivity index is 1.62. The Morgan fingerprint density at radius 2 is 2.00 bits per heavy atom. The molecule has 0 aromatic rings. The molecule has 3 saturated heterocycles. The number of nitrogens with two attached hydrogens (primary N) is 1. The van der Waals surface area contributed by atoms with Crippen molar-refractivity contribution in [1.29, 1.82) is 0 Å². The van der Waals surface area contributed by atoms with Gasteiger partial charge in [0.2, 0.25) is 0 Å². The zero-order chi connectivity index (χ0) is 13.6. The summed E-state index contributed by atoms with van der Waals surface area (Å²) in [4.78, 5) is 5.46. The summed E-state index contributed by atoms with van der Waals surface area (Å²) in [5.41, 5.74) is 6.65. The fourth-order valence-corrected chi connectivity index (χ4v) is 5.44. The van der Waals surface area contributed by atoms with E-state index in [9.17, 15) is 0 Å². The molecule has 4 fully saturated rings. The standard InChI is InChI=1S/C16H29N3O/c17-12-16(6-8-18-7-5-13(16)11-18)19-9-10-20-15-4-2-1-3-14(15)19/h13-15H,1-12,17H2. The summed E-state index contributed by atoms with van der Waals surface area (Å²) < 4.78 is 6.08. The van der Waals surface area contributed by atoms with Crippen LogP contribution in [0.1, 0.15) is 38.5 Å². The van der Waals surface area contributed by atoms with E-state index in [1.807, 2.05) is 0 Å². The lowest BCUT2D eigenvalue weighted by molar-refractivity contribution is -0.143. The zero-order valence-electron chi connectivity index (χ0n) is 12.6. The van der Waals surface area contributed by atoms with Crippen LogP contribution in [0.4, 0.5) is 0 Å². The molecule has 4 nitrogen and oxygen atoms in total. The molecule has 0 aromatic heterocycles. The van der Waals surface area contributed by atoms with Crippen molar-refractivity contribution in [2.24, 2.45) is 11.7 Å². The number of hydrogen-bond donors (Lipinski definition) is 1. The van der Waals surface area contributed by atoms with E-state index in [0.29, 0.717) is 12.1 Å². The van der Waals surface area contributed by atoms with Gasteiger partial charge in [0.1, 0.15) is 0 Å². The van der Waals surface area contributed by atoms with Crippen LogP contribution in [0.15, 0.2) is 0 Å². The normalized spacial score (nSPS) is 49.0. The van der Waals surface area contributed by atoms with Crippen molar-refractivity contribution < 1.29 is 4.74 Å². The van der Waals surface area contributed by atoms with Crippen molar-refractivity contribution in [2.45, 2.75) is 56.2 Å². The van der Waals surface area contributed by atoms with Gasteiger partial charge >= 0.3 is 0 Å². The first-order valence-corrected chi connectivity index (χ1v) is 8.64. The molecule has 0 aromatic carbocycles. The van der Waals surface area contributed by atoms with Crippen LogP contribution in [0.5, 0.6) is 0 Å². The van der Waals surface area contributed by atoms with Crippen molar-refractivity contribution >= 4 is 0 Å². The monoisotopic (exact) mass is 279 g/mol. The highest BCUT2D eigenvalue weighted by molar-refractivity contribution is 5.08. The summed E-state index contributed by atoms with van der Waals surface area (Å²) >= 11 is 0. The lowest BCUT2D eigenvalue weighted by Gasteiger charge is -2.57. The van der Waals surface area contributed by atoms with Gasteiger partial charge in [-0.2, -0.15) is 0 Å². The first-order valence-electron chi connectivity index (χ1n) is 8.64. The maximum atomic E-state index is 6.37. The summed E-state index contributed by atoms with van der Waals surface area (Å²) in [6.07, 6.45) is 8.42. The molecular weight excluding hydrogens is 250 g/mol. The number of nitrogens with zero attached hydrogens (tertiary/aromatic N) is 2. The minimum atomic E-state index is 0.275. The Morgan fingerprint density at radius 1 is 1.10 bits per heavy atom. The third-order valence-electron chi connectivity index (χ3n) is 6.55. The molecule has 0 radical (unpaired) electrons. The molecule has 5 unspecified atom stereocenters. The zero-order valence-corrected chi connectivity index (χ0v) is 12.6. The summed E-state index contributed by atoms with van der Waals surface area (Å²) in [5, 5.41) is 0. The van der Waals surface area contributed by atoms with Gasteiger partial charge in [0.25, 0.3) is 0 Å². The minimum absolute atomic E-state index is 0.275. The lowest BCUT2D eigenvalue weighted by Crippen LogP contribution is -2.69. The van der Waals surface area contributed by atoms with E-state index in [1.165, 1.54) is 58.2 Å². The number of fused-ring (bicyclic) bond motifs is 3. The van der Waals surface area contributed by atoms with Crippen LogP contribution < -0.4 is 5.73 Å². The van der Waals surface area contributed by atoms with E-state index in [1.54, 1.807) is 0 Å². The second-order valence-electron chi connectivity index (χ2n) is 7.30. The quantitative estimate of drug-likeness (QED) is 0.820. The van der Waals surface area contributed by atoms with Gasteiger partial charge < -0.3 is 15.4 Å². The topological polar surface area (TPSA) is 41.7 Å². The fraction of sp³-hybridized carbons (Fsp3) is 1.00. The van der Waals surface area contributed by atoms with Crippen molar-refractivity contribution in [2.75, 3.05) is 39.3 Å². The van der Waals surface area contributed by atoms with Crippen LogP contribution in [-0.4, -0.2) is 66.8 Å². The molecule has 4 aliphatic rings. The summed E-state index contributed by atoms with van der Waals surface area (Å²) in [5.74, 6) is 0.793. The maximum absolute atomic E-state index is 6.37. The predicted molar refractivity (Wildman–Crippen MR) is 79.7 cm³/mol. The summed E-state index contributed by atoms with van der Waals surface area (Å²) in [6.45, 7) is 6.70. The van der Waals surface area contributed by atoms with Crippen LogP contribution in [-0.2, 0) is 4.74 Å². The molecule has 20 heavy (non-hydrogen) atoms. The molecule has 0 amide bonds. The molecule has 114 valence electrons. The van der Waals surface area contributed by atoms with Gasteiger partial charge in [-0.05, 0) is 44.7 Å². The molecule has 4 heteroatoms. The van der Waals surface area contributed by atoms with Gasteiger partial charge in [-0.3, -0.25) is 4.90 Å². The highest BCUT2D eigenvalue weighted by atomic mass is 16.5. The van der Waals surface area contributed by atoms with Gasteiger partial charge in [0.05, 0.1) is 12.7 Å². The molecule has 3 heterocycles.